The Morgan fingerprint density at radius 1 is 1.11 bits per heavy atom. The molecule has 110 valence electrons. The number of carbonyl (C=O) groups is 3. The molecule has 0 aromatic rings. The molecule has 0 aliphatic heterocycles. The standard InChI is InChI=1S/C11H21N3O5/c1-7(2)14-9(16)4-6-13-11(19)12-5-3-8(15)10(17)18/h7-8,15H,3-6H2,1-2H3,(H,14,16)(H,17,18)(H2,12,13,19)/t8-/m0/s1. The number of urea groups is 1. The number of aliphatic hydroxyl groups excluding tert-OH is 1. The van der Waals surface area contributed by atoms with E-state index in [9.17, 15) is 14.4 Å². The van der Waals surface area contributed by atoms with E-state index >= 15 is 0 Å². The Morgan fingerprint density at radius 3 is 2.21 bits per heavy atom. The highest BCUT2D eigenvalue weighted by Crippen LogP contribution is 1.89. The highest BCUT2D eigenvalue weighted by molar-refractivity contribution is 5.78. The van der Waals surface area contributed by atoms with Crippen LogP contribution in [0.3, 0.4) is 0 Å². The Balaban J connectivity index is 3.60. The van der Waals surface area contributed by atoms with Crippen molar-refractivity contribution >= 4 is 17.9 Å². The first-order valence-electron chi connectivity index (χ1n) is 6.05. The van der Waals surface area contributed by atoms with Crippen LogP contribution in [0.2, 0.25) is 0 Å². The van der Waals surface area contributed by atoms with Gasteiger partial charge in [0.25, 0.3) is 0 Å². The molecule has 0 fully saturated rings. The number of nitrogens with one attached hydrogen (secondary N) is 3. The maximum atomic E-state index is 11.2. The zero-order valence-corrected chi connectivity index (χ0v) is 11.1. The summed E-state index contributed by atoms with van der Waals surface area (Å²) in [6, 6.07) is -0.450. The fraction of sp³-hybridized carbons (Fsp3) is 0.727. The Labute approximate surface area is 111 Å². The maximum absolute atomic E-state index is 11.2. The van der Waals surface area contributed by atoms with Crippen molar-refractivity contribution in [1.29, 1.82) is 0 Å². The fourth-order valence-electron chi connectivity index (χ4n) is 1.19. The summed E-state index contributed by atoms with van der Waals surface area (Å²) >= 11 is 0. The number of carbonyl (C=O) groups excluding carboxylic acids is 2. The quantitative estimate of drug-likeness (QED) is 0.389. The summed E-state index contributed by atoms with van der Waals surface area (Å²) in [6.07, 6.45) is -1.39. The van der Waals surface area contributed by atoms with Crippen LogP contribution in [-0.2, 0) is 9.59 Å². The molecule has 0 aromatic carbocycles. The number of hydrogen-bond acceptors (Lipinski definition) is 4. The van der Waals surface area contributed by atoms with Crippen molar-refractivity contribution in [3.8, 4) is 0 Å². The largest absolute Gasteiger partial charge is 0.479 e. The van der Waals surface area contributed by atoms with Crippen LogP contribution < -0.4 is 16.0 Å². The van der Waals surface area contributed by atoms with Gasteiger partial charge in [-0.1, -0.05) is 0 Å². The summed E-state index contributed by atoms with van der Waals surface area (Å²) in [5.41, 5.74) is 0. The van der Waals surface area contributed by atoms with Crippen molar-refractivity contribution in [2.24, 2.45) is 0 Å². The number of carboxylic acids is 1. The van der Waals surface area contributed by atoms with Gasteiger partial charge in [-0.25, -0.2) is 9.59 Å². The Morgan fingerprint density at radius 2 is 1.68 bits per heavy atom. The molecule has 0 bridgehead atoms. The lowest BCUT2D eigenvalue weighted by Gasteiger charge is -2.10. The third-order valence-electron chi connectivity index (χ3n) is 2.08. The van der Waals surface area contributed by atoms with E-state index in [1.807, 2.05) is 13.8 Å². The maximum Gasteiger partial charge on any atom is 0.332 e. The first-order valence-corrected chi connectivity index (χ1v) is 6.05. The third-order valence-corrected chi connectivity index (χ3v) is 2.08. The average Bonchev–Trinajstić information content (AvgIpc) is 2.27. The van der Waals surface area contributed by atoms with Crippen LogP contribution >= 0.6 is 0 Å². The predicted octanol–water partition coefficient (Wildman–Crippen LogP) is -0.964. The lowest BCUT2D eigenvalue weighted by atomic mass is 10.2. The first-order chi connectivity index (χ1) is 8.82. The van der Waals surface area contributed by atoms with Crippen LogP contribution in [0, 0.1) is 0 Å². The van der Waals surface area contributed by atoms with Crippen molar-refractivity contribution in [3.63, 3.8) is 0 Å². The minimum atomic E-state index is -1.49. The van der Waals surface area contributed by atoms with Crippen molar-refractivity contribution in [1.82, 2.24) is 16.0 Å². The summed E-state index contributed by atoms with van der Waals surface area (Å²) < 4.78 is 0. The zero-order chi connectivity index (χ0) is 14.8. The molecular formula is C11H21N3O5. The smallest absolute Gasteiger partial charge is 0.332 e. The van der Waals surface area contributed by atoms with Gasteiger partial charge in [-0.3, -0.25) is 4.79 Å². The highest BCUT2D eigenvalue weighted by Gasteiger charge is 2.12. The first kappa shape index (κ1) is 17.2. The van der Waals surface area contributed by atoms with E-state index in [0.717, 1.165) is 0 Å². The molecule has 0 spiro atoms. The van der Waals surface area contributed by atoms with Gasteiger partial charge in [0.05, 0.1) is 0 Å². The Hall–Kier alpha value is -1.83. The molecular weight excluding hydrogens is 254 g/mol. The van der Waals surface area contributed by atoms with Crippen molar-refractivity contribution in [3.05, 3.63) is 0 Å². The molecule has 0 aromatic heterocycles. The summed E-state index contributed by atoms with van der Waals surface area (Å²) in [5, 5.41) is 24.9. The van der Waals surface area contributed by atoms with E-state index in [1.165, 1.54) is 0 Å². The number of rotatable bonds is 8. The number of aliphatic hydroxyl groups is 1. The van der Waals surface area contributed by atoms with Gasteiger partial charge in [-0.15, -0.1) is 0 Å². The molecule has 19 heavy (non-hydrogen) atoms. The molecule has 8 heteroatoms. The summed E-state index contributed by atoms with van der Waals surface area (Å²) in [4.78, 5) is 32.7. The molecule has 0 rings (SSSR count). The number of hydrogen-bond donors (Lipinski definition) is 5. The van der Waals surface area contributed by atoms with Gasteiger partial charge < -0.3 is 26.2 Å². The molecule has 0 heterocycles. The molecule has 0 aliphatic carbocycles. The number of amides is 3. The molecule has 3 amide bonds. The minimum Gasteiger partial charge on any atom is -0.479 e. The topological polar surface area (TPSA) is 128 Å². The zero-order valence-electron chi connectivity index (χ0n) is 11.1. The van der Waals surface area contributed by atoms with Crippen LogP contribution in [0.15, 0.2) is 0 Å². The summed E-state index contributed by atoms with van der Waals surface area (Å²) in [6.45, 7) is 3.90. The lowest BCUT2D eigenvalue weighted by Crippen LogP contribution is -2.40. The van der Waals surface area contributed by atoms with E-state index in [4.69, 9.17) is 10.2 Å². The van der Waals surface area contributed by atoms with E-state index < -0.39 is 18.1 Å². The van der Waals surface area contributed by atoms with Gasteiger partial charge in [0, 0.05) is 32.0 Å². The number of carboxylic acid groups (broad SMARTS) is 1. The van der Waals surface area contributed by atoms with Gasteiger partial charge in [0.1, 0.15) is 0 Å². The molecule has 5 N–H and O–H groups in total. The minimum absolute atomic E-state index is 0.0392. The van der Waals surface area contributed by atoms with Crippen LogP contribution in [0.4, 0.5) is 4.79 Å². The average molecular weight is 275 g/mol. The van der Waals surface area contributed by atoms with E-state index in [0.29, 0.717) is 0 Å². The highest BCUT2D eigenvalue weighted by atomic mass is 16.4. The van der Waals surface area contributed by atoms with Gasteiger partial charge in [-0.05, 0) is 13.8 Å². The van der Waals surface area contributed by atoms with Crippen molar-refractivity contribution < 1.29 is 24.6 Å². The van der Waals surface area contributed by atoms with Crippen molar-refractivity contribution in [2.75, 3.05) is 13.1 Å². The second-order valence-electron chi connectivity index (χ2n) is 4.30. The van der Waals surface area contributed by atoms with E-state index in [2.05, 4.69) is 16.0 Å². The molecule has 0 saturated carbocycles. The summed E-state index contributed by atoms with van der Waals surface area (Å²) in [7, 11) is 0. The Bertz CT molecular complexity index is 319. The fourth-order valence-corrected chi connectivity index (χ4v) is 1.19. The molecule has 0 aliphatic rings. The van der Waals surface area contributed by atoms with Gasteiger partial charge in [-0.2, -0.15) is 0 Å². The molecule has 8 nitrogen and oxygen atoms in total. The van der Waals surface area contributed by atoms with Gasteiger partial charge in [0.15, 0.2) is 6.10 Å². The van der Waals surface area contributed by atoms with Gasteiger partial charge >= 0.3 is 12.0 Å². The summed E-state index contributed by atoms with van der Waals surface area (Å²) in [5.74, 6) is -1.48. The van der Waals surface area contributed by atoms with Crippen LogP contribution in [-0.4, -0.2) is 53.4 Å². The van der Waals surface area contributed by atoms with Gasteiger partial charge in [0.2, 0.25) is 5.91 Å². The van der Waals surface area contributed by atoms with E-state index in [-0.39, 0.29) is 37.9 Å². The lowest BCUT2D eigenvalue weighted by molar-refractivity contribution is -0.146. The SMILES string of the molecule is CC(C)NC(=O)CCNC(=O)NCC[C@H](O)C(=O)O. The normalized spacial score (nSPS) is 11.8. The molecule has 0 unspecified atom stereocenters. The molecule has 0 saturated heterocycles. The van der Waals surface area contributed by atoms with Crippen LogP contribution in [0.5, 0.6) is 0 Å². The molecule has 0 radical (unpaired) electrons. The van der Waals surface area contributed by atoms with Crippen molar-refractivity contribution in [2.45, 2.75) is 38.8 Å². The van der Waals surface area contributed by atoms with Crippen LogP contribution in [0.25, 0.3) is 0 Å². The monoisotopic (exact) mass is 275 g/mol. The third kappa shape index (κ3) is 9.83. The molecule has 1 atom stereocenters. The second kappa shape index (κ2) is 9.15. The van der Waals surface area contributed by atoms with E-state index in [1.54, 1.807) is 0 Å². The second-order valence-corrected chi connectivity index (χ2v) is 4.30. The Kier molecular flexibility index (Phi) is 8.27. The van der Waals surface area contributed by atoms with Crippen LogP contribution in [0.1, 0.15) is 26.7 Å². The number of aliphatic carboxylic acids is 1. The predicted molar refractivity (Wildman–Crippen MR) is 67.6 cm³/mol.